The van der Waals surface area contributed by atoms with Crippen molar-refractivity contribution in [1.82, 2.24) is 31.1 Å². The Morgan fingerprint density at radius 3 is 1.90 bits per heavy atom. The molecule has 1 aliphatic carbocycles. The summed E-state index contributed by atoms with van der Waals surface area (Å²) >= 11 is 0. The topological polar surface area (TPSA) is 237 Å². The average molecular weight is 1080 g/mol. The molecule has 1 saturated carbocycles. The first-order valence-corrected chi connectivity index (χ1v) is 26.6. The van der Waals surface area contributed by atoms with Crippen LogP contribution in [0.4, 0.5) is 4.79 Å². The number of rotatable bonds is 20. The van der Waals surface area contributed by atoms with Crippen LogP contribution in [0, 0.1) is 49.9 Å². The molecule has 1 unspecified atom stereocenters. The lowest BCUT2D eigenvalue weighted by Crippen LogP contribution is -2.58. The first-order valence-electron chi connectivity index (χ1n) is 26.6. The van der Waals surface area contributed by atoms with Crippen LogP contribution in [0.5, 0.6) is 5.75 Å². The average Bonchev–Trinajstić information content (AvgIpc) is 4.10. The highest BCUT2D eigenvalue weighted by atomic mass is 16.6. The number of terminal acetylenes is 3. The molecule has 5 amide bonds. The number of methoxy groups -OCH3 is 1. The van der Waals surface area contributed by atoms with Crippen LogP contribution < -0.4 is 37.5 Å². The van der Waals surface area contributed by atoms with Gasteiger partial charge in [-0.1, -0.05) is 124 Å². The van der Waals surface area contributed by atoms with Gasteiger partial charge in [0.1, 0.15) is 42.6 Å². The van der Waals surface area contributed by atoms with E-state index in [-0.39, 0.29) is 45.1 Å². The summed E-state index contributed by atoms with van der Waals surface area (Å²) in [6, 6.07) is 13.5. The lowest BCUT2D eigenvalue weighted by molar-refractivity contribution is -0.143. The Hall–Kier alpha value is -7.16. The molecular weight excluding hydrogens is 977 g/mol. The summed E-state index contributed by atoms with van der Waals surface area (Å²) in [6.45, 7) is 24.8. The molecule has 0 spiro atoms. The molecule has 0 radical (unpaired) electrons. The van der Waals surface area contributed by atoms with Gasteiger partial charge in [-0.05, 0) is 88.1 Å². The maximum absolute atomic E-state index is 14.4. The molecule has 0 aromatic heterocycles. The second-order valence-electron chi connectivity index (χ2n) is 18.2. The van der Waals surface area contributed by atoms with E-state index in [0.29, 0.717) is 18.0 Å². The third-order valence-corrected chi connectivity index (χ3v) is 10.4. The van der Waals surface area contributed by atoms with E-state index in [9.17, 15) is 28.8 Å². The number of esters is 1. The zero-order valence-electron chi connectivity index (χ0n) is 49.3. The summed E-state index contributed by atoms with van der Waals surface area (Å²) in [7, 11) is 2.77. The minimum absolute atomic E-state index is 0.0308. The van der Waals surface area contributed by atoms with Crippen LogP contribution in [-0.2, 0) is 46.3 Å². The fourth-order valence-corrected chi connectivity index (χ4v) is 6.39. The number of nitrogens with two attached hydrogens (primary N) is 2. The lowest BCUT2D eigenvalue weighted by atomic mass is 10.0. The van der Waals surface area contributed by atoms with E-state index in [1.54, 1.807) is 40.8 Å². The zero-order chi connectivity index (χ0) is 60.1. The molecule has 1 heterocycles. The molecule has 4 atom stereocenters. The van der Waals surface area contributed by atoms with Gasteiger partial charge in [0.25, 0.3) is 0 Å². The van der Waals surface area contributed by atoms with Gasteiger partial charge in [-0.3, -0.25) is 24.0 Å². The molecule has 17 nitrogen and oxygen atoms in total. The van der Waals surface area contributed by atoms with Gasteiger partial charge in [-0.2, -0.15) is 0 Å². The van der Waals surface area contributed by atoms with Crippen molar-refractivity contribution in [2.75, 3.05) is 46.9 Å². The van der Waals surface area contributed by atoms with Crippen molar-refractivity contribution in [3.05, 3.63) is 77.6 Å². The summed E-state index contributed by atoms with van der Waals surface area (Å²) < 4.78 is 15.3. The summed E-state index contributed by atoms with van der Waals surface area (Å²) in [5, 5.41) is 11.5. The number of nitrogens with zero attached hydrogens (tertiary/aromatic N) is 2. The molecule has 77 heavy (non-hydrogen) atoms. The summed E-state index contributed by atoms with van der Waals surface area (Å²) in [5.74, 6) is 1.36. The minimum Gasteiger partial charge on any atom is -0.487 e. The second kappa shape index (κ2) is 46.2. The molecule has 8 N–H and O–H groups in total. The monoisotopic (exact) mass is 1070 g/mol. The van der Waals surface area contributed by atoms with Crippen molar-refractivity contribution in [2.45, 2.75) is 165 Å². The predicted molar refractivity (Wildman–Crippen MR) is 313 cm³/mol. The maximum Gasteiger partial charge on any atom is 0.410 e. The van der Waals surface area contributed by atoms with E-state index in [1.165, 1.54) is 44.4 Å². The van der Waals surface area contributed by atoms with Crippen LogP contribution in [0.2, 0.25) is 0 Å². The normalized spacial score (nSPS) is 14.4. The van der Waals surface area contributed by atoms with E-state index in [1.807, 2.05) is 96.1 Å². The molecule has 2 aromatic rings. The van der Waals surface area contributed by atoms with Gasteiger partial charge in [0.05, 0.1) is 19.4 Å². The number of unbranched alkanes of at least 4 members (excludes halogenated alkanes) is 1. The standard InChI is InChI=1S/C43H62N8O7.C4H8.C3H6O2.3C2H6.2C2H2/c1-8-22-46-39(53)35(23-31-15-10-9-11-16-31)48-40(54)36-24-33(47-25-32(45)28-57-34-19-17-30(18-20-34)14-12-13-21-44)26-51(36)41(55)38(29(2)3)49-37(52)27-50(7)42(56)58-43(4,5)6;1-4-2-3-4;1-3(4)5-2;5*1-2/h1,9-11,15-20,25,29,33,35-36,38,47H,12-14,21-24,26-28,44-45H2,2-7H3,(H,46,53)(H,48,54)(H,49,52);4H,2-3H2,1H3;1-2H3;3*1-2H3;2*1-2H/b32-25-;;;;;;;/t33-,35-,36-,38?;;;;;;;/m0......./s1. The number of amides is 5. The molecule has 0 bridgehead atoms. The van der Waals surface area contributed by atoms with Crippen LogP contribution in [0.15, 0.2) is 66.5 Å². The third-order valence-electron chi connectivity index (χ3n) is 10.4. The Bertz CT molecular complexity index is 2030. The zero-order valence-corrected chi connectivity index (χ0v) is 49.3. The summed E-state index contributed by atoms with van der Waals surface area (Å²) in [6.07, 6.45) is 28.5. The van der Waals surface area contributed by atoms with Gasteiger partial charge in [-0.15, -0.1) is 32.1 Å². The van der Waals surface area contributed by atoms with Gasteiger partial charge in [0, 0.05) is 39.2 Å². The number of hydrogen-bond donors (Lipinski definition) is 6. The van der Waals surface area contributed by atoms with E-state index >= 15 is 0 Å². The fraction of sp³-hybridized carbons (Fsp3) is 0.567. The Kier molecular flexibility index (Phi) is 45.8. The highest BCUT2D eigenvalue weighted by Crippen LogP contribution is 2.27. The largest absolute Gasteiger partial charge is 0.487 e. The van der Waals surface area contributed by atoms with E-state index < -0.39 is 65.4 Å². The number of carbonyl (C=O) groups is 6. The Morgan fingerprint density at radius 1 is 0.883 bits per heavy atom. The Balaban J connectivity index is -0.00000122. The van der Waals surface area contributed by atoms with Gasteiger partial charge in [0.15, 0.2) is 0 Å². The number of likely N-dealkylation sites (N-methyl/N-ethyl adjacent to an activating group) is 1. The van der Waals surface area contributed by atoms with Crippen molar-refractivity contribution < 1.29 is 43.0 Å². The molecular formula is C60H98N8O9. The van der Waals surface area contributed by atoms with E-state index in [4.69, 9.17) is 27.4 Å². The highest BCUT2D eigenvalue weighted by Gasteiger charge is 2.43. The highest BCUT2D eigenvalue weighted by molar-refractivity contribution is 5.95. The number of aryl methyl sites for hydroxylation is 1. The van der Waals surface area contributed by atoms with Crippen molar-refractivity contribution in [2.24, 2.45) is 23.3 Å². The van der Waals surface area contributed by atoms with Crippen molar-refractivity contribution in [3.8, 4) is 43.8 Å². The van der Waals surface area contributed by atoms with Gasteiger partial charge >= 0.3 is 12.1 Å². The van der Waals surface area contributed by atoms with Crippen LogP contribution in [0.25, 0.3) is 0 Å². The number of ether oxygens (including phenoxy) is 3. The number of hydrogen-bond acceptors (Lipinski definition) is 12. The van der Waals surface area contributed by atoms with Crippen LogP contribution >= 0.6 is 0 Å². The Morgan fingerprint density at radius 2 is 1.43 bits per heavy atom. The Labute approximate surface area is 464 Å². The number of benzene rings is 2. The predicted octanol–water partition coefficient (Wildman–Crippen LogP) is 7.36. The molecule has 1 saturated heterocycles. The van der Waals surface area contributed by atoms with Gasteiger partial charge in [0.2, 0.25) is 23.6 Å². The molecule has 2 aromatic carbocycles. The number of carbonyl (C=O) groups excluding carboxylic acids is 6. The minimum atomic E-state index is -1.05. The summed E-state index contributed by atoms with van der Waals surface area (Å²) in [4.78, 5) is 79.6. The molecule has 2 fully saturated rings. The van der Waals surface area contributed by atoms with Gasteiger partial charge < -0.3 is 56.7 Å². The molecule has 4 rings (SSSR count). The van der Waals surface area contributed by atoms with Crippen molar-refractivity contribution in [3.63, 3.8) is 0 Å². The van der Waals surface area contributed by atoms with Crippen molar-refractivity contribution >= 4 is 35.7 Å². The fourth-order valence-electron chi connectivity index (χ4n) is 6.39. The van der Waals surface area contributed by atoms with Crippen LogP contribution in [0.3, 0.4) is 0 Å². The van der Waals surface area contributed by atoms with Gasteiger partial charge in [-0.25, -0.2) is 4.79 Å². The third kappa shape index (κ3) is 36.5. The van der Waals surface area contributed by atoms with E-state index in [0.717, 1.165) is 35.6 Å². The smallest absolute Gasteiger partial charge is 0.410 e. The van der Waals surface area contributed by atoms with Crippen molar-refractivity contribution in [1.29, 1.82) is 0 Å². The second-order valence-corrected chi connectivity index (χ2v) is 18.2. The number of nitrogens with one attached hydrogen (secondary N) is 4. The maximum atomic E-state index is 14.4. The van der Waals surface area contributed by atoms with Crippen LogP contribution in [0.1, 0.15) is 133 Å². The number of likely N-dealkylation sites (tertiary alicyclic amines) is 1. The quantitative estimate of drug-likeness (QED) is 0.0434. The van der Waals surface area contributed by atoms with E-state index in [2.05, 4.69) is 64.5 Å². The molecule has 2 aliphatic rings. The van der Waals surface area contributed by atoms with Crippen LogP contribution in [-0.4, -0.2) is 122 Å². The molecule has 1 aliphatic heterocycles. The first kappa shape index (κ1) is 76.3. The molecule has 17 heteroatoms. The SMILES string of the molecule is C#C.C#C.C#CCNC(=O)[C@H](Cc1ccccc1)NC(=O)[C@@H]1C[C@H](N/C=C(\N)COc2ccc(CCCCN)cc2)CN1C(=O)C(NC(=O)CN(C)C(=O)OC(C)(C)C)C(C)C.CC.CC.CC.CC1CC1.COC(C)=O. The first-order chi connectivity index (χ1) is 36.7. The molecule has 432 valence electrons. The summed E-state index contributed by atoms with van der Waals surface area (Å²) in [5.41, 5.74) is 13.5. The lowest BCUT2D eigenvalue weighted by Gasteiger charge is -2.31.